The SMILES string of the molecule is O=C(O)CCCN[C@@H](CC(=O)O)C(=O)O. The molecule has 0 saturated carbocycles. The van der Waals surface area contributed by atoms with E-state index in [1.807, 2.05) is 0 Å². The summed E-state index contributed by atoms with van der Waals surface area (Å²) in [7, 11) is 0. The third-order valence-corrected chi connectivity index (χ3v) is 1.63. The van der Waals surface area contributed by atoms with Gasteiger partial charge in [-0.1, -0.05) is 0 Å². The van der Waals surface area contributed by atoms with E-state index in [-0.39, 0.29) is 19.4 Å². The molecule has 4 N–H and O–H groups in total. The maximum absolute atomic E-state index is 10.5. The van der Waals surface area contributed by atoms with E-state index < -0.39 is 30.4 Å². The predicted octanol–water partition coefficient (Wildman–Crippen LogP) is -0.631. The fourth-order valence-electron chi connectivity index (χ4n) is 0.937. The normalized spacial score (nSPS) is 12.0. The third-order valence-electron chi connectivity index (χ3n) is 1.63. The summed E-state index contributed by atoms with van der Waals surface area (Å²) in [6.45, 7) is 0.163. The van der Waals surface area contributed by atoms with Crippen molar-refractivity contribution in [1.82, 2.24) is 5.32 Å². The van der Waals surface area contributed by atoms with Gasteiger partial charge in [-0.2, -0.15) is 0 Å². The van der Waals surface area contributed by atoms with Crippen LogP contribution in [0.15, 0.2) is 0 Å². The van der Waals surface area contributed by atoms with Crippen LogP contribution >= 0.6 is 0 Å². The van der Waals surface area contributed by atoms with Crippen LogP contribution in [0.3, 0.4) is 0 Å². The summed E-state index contributed by atoms with van der Waals surface area (Å²) < 4.78 is 0. The maximum atomic E-state index is 10.5. The summed E-state index contributed by atoms with van der Waals surface area (Å²) >= 11 is 0. The van der Waals surface area contributed by atoms with Crippen LogP contribution in [-0.2, 0) is 14.4 Å². The van der Waals surface area contributed by atoms with Gasteiger partial charge < -0.3 is 20.6 Å². The molecule has 86 valence electrons. The fraction of sp³-hybridized carbons (Fsp3) is 0.625. The highest BCUT2D eigenvalue weighted by Gasteiger charge is 2.19. The van der Waals surface area contributed by atoms with Crippen molar-refractivity contribution in [1.29, 1.82) is 0 Å². The van der Waals surface area contributed by atoms with E-state index in [1.54, 1.807) is 0 Å². The van der Waals surface area contributed by atoms with Crippen LogP contribution in [0.4, 0.5) is 0 Å². The highest BCUT2D eigenvalue weighted by molar-refractivity contribution is 5.80. The van der Waals surface area contributed by atoms with Crippen LogP contribution in [0.1, 0.15) is 19.3 Å². The monoisotopic (exact) mass is 219 g/mol. The molecule has 0 aliphatic heterocycles. The Hall–Kier alpha value is -1.63. The average Bonchev–Trinajstić information content (AvgIpc) is 2.08. The second-order valence-corrected chi connectivity index (χ2v) is 2.94. The minimum absolute atomic E-state index is 0.0770. The topological polar surface area (TPSA) is 124 Å². The van der Waals surface area contributed by atoms with Gasteiger partial charge in [0.25, 0.3) is 0 Å². The Morgan fingerprint density at radius 1 is 1.07 bits per heavy atom. The van der Waals surface area contributed by atoms with Crippen LogP contribution in [0.25, 0.3) is 0 Å². The van der Waals surface area contributed by atoms with Crippen LogP contribution in [0.2, 0.25) is 0 Å². The van der Waals surface area contributed by atoms with Gasteiger partial charge in [0.1, 0.15) is 6.04 Å². The van der Waals surface area contributed by atoms with Gasteiger partial charge in [-0.3, -0.25) is 14.4 Å². The molecule has 0 radical (unpaired) electrons. The first-order valence-electron chi connectivity index (χ1n) is 4.33. The molecule has 7 nitrogen and oxygen atoms in total. The lowest BCUT2D eigenvalue weighted by atomic mass is 10.2. The van der Waals surface area contributed by atoms with Crippen molar-refractivity contribution in [3.63, 3.8) is 0 Å². The Bertz CT molecular complexity index is 252. The number of carboxylic acids is 3. The quantitative estimate of drug-likeness (QED) is 0.400. The largest absolute Gasteiger partial charge is 0.481 e. The van der Waals surface area contributed by atoms with Gasteiger partial charge in [0.2, 0.25) is 0 Å². The van der Waals surface area contributed by atoms with Crippen molar-refractivity contribution in [2.75, 3.05) is 6.54 Å². The fourth-order valence-corrected chi connectivity index (χ4v) is 0.937. The van der Waals surface area contributed by atoms with E-state index >= 15 is 0 Å². The van der Waals surface area contributed by atoms with Crippen LogP contribution < -0.4 is 5.32 Å². The molecule has 0 aliphatic rings. The van der Waals surface area contributed by atoms with Crippen molar-refractivity contribution in [3.05, 3.63) is 0 Å². The summed E-state index contributed by atoms with van der Waals surface area (Å²) in [6, 6.07) is -1.17. The Morgan fingerprint density at radius 2 is 1.67 bits per heavy atom. The number of carboxylic acid groups (broad SMARTS) is 3. The molecule has 0 aromatic rings. The van der Waals surface area contributed by atoms with Gasteiger partial charge in [0.15, 0.2) is 0 Å². The van der Waals surface area contributed by atoms with Crippen molar-refractivity contribution in [2.24, 2.45) is 0 Å². The summed E-state index contributed by atoms with van der Waals surface area (Å²) in [5, 5.41) is 27.7. The summed E-state index contributed by atoms with van der Waals surface area (Å²) in [5.41, 5.74) is 0. The number of hydrogen-bond acceptors (Lipinski definition) is 4. The van der Waals surface area contributed by atoms with Crippen molar-refractivity contribution in [3.8, 4) is 0 Å². The smallest absolute Gasteiger partial charge is 0.321 e. The molecule has 0 amide bonds. The summed E-state index contributed by atoms with van der Waals surface area (Å²) in [6.07, 6.45) is -0.340. The Labute approximate surface area is 85.7 Å². The van der Waals surface area contributed by atoms with Crippen LogP contribution in [0, 0.1) is 0 Å². The lowest BCUT2D eigenvalue weighted by molar-refractivity contribution is -0.146. The lowest BCUT2D eigenvalue weighted by Gasteiger charge is -2.11. The molecule has 0 aliphatic carbocycles. The molecule has 0 bridgehead atoms. The molecule has 0 rings (SSSR count). The second-order valence-electron chi connectivity index (χ2n) is 2.94. The molecule has 7 heteroatoms. The zero-order valence-electron chi connectivity index (χ0n) is 7.97. The van der Waals surface area contributed by atoms with E-state index in [0.29, 0.717) is 0 Å². The van der Waals surface area contributed by atoms with Crippen molar-refractivity contribution < 1.29 is 29.7 Å². The van der Waals surface area contributed by atoms with E-state index in [2.05, 4.69) is 5.32 Å². The molecule has 0 heterocycles. The third kappa shape index (κ3) is 7.44. The highest BCUT2D eigenvalue weighted by atomic mass is 16.4. The van der Waals surface area contributed by atoms with Crippen molar-refractivity contribution >= 4 is 17.9 Å². The number of rotatable bonds is 8. The predicted molar refractivity (Wildman–Crippen MR) is 48.5 cm³/mol. The van der Waals surface area contributed by atoms with Gasteiger partial charge in [-0.25, -0.2) is 0 Å². The average molecular weight is 219 g/mol. The van der Waals surface area contributed by atoms with E-state index in [1.165, 1.54) is 0 Å². The minimum Gasteiger partial charge on any atom is -0.481 e. The molecule has 1 atom stereocenters. The lowest BCUT2D eigenvalue weighted by Crippen LogP contribution is -2.39. The first-order valence-corrected chi connectivity index (χ1v) is 4.33. The van der Waals surface area contributed by atoms with E-state index in [4.69, 9.17) is 15.3 Å². The molecular weight excluding hydrogens is 206 g/mol. The molecule has 0 fully saturated rings. The summed E-state index contributed by atoms with van der Waals surface area (Å²) in [4.78, 5) is 30.9. The zero-order valence-corrected chi connectivity index (χ0v) is 7.97. The maximum Gasteiger partial charge on any atom is 0.321 e. The Balaban J connectivity index is 3.81. The van der Waals surface area contributed by atoms with Gasteiger partial charge in [-0.05, 0) is 13.0 Å². The van der Waals surface area contributed by atoms with Gasteiger partial charge >= 0.3 is 17.9 Å². The summed E-state index contributed by atoms with van der Waals surface area (Å²) in [5.74, 6) is -3.44. The molecule has 0 spiro atoms. The standard InChI is InChI=1S/C8H13NO6/c10-6(11)2-1-3-9-5(8(14)15)4-7(12)13/h5,9H,1-4H2,(H,10,11)(H,12,13)(H,14,15)/t5-/m0/s1. The van der Waals surface area contributed by atoms with Crippen molar-refractivity contribution in [2.45, 2.75) is 25.3 Å². The Kier molecular flexibility index (Phi) is 6.03. The number of nitrogens with one attached hydrogen (secondary N) is 1. The Morgan fingerprint density at radius 3 is 2.07 bits per heavy atom. The van der Waals surface area contributed by atoms with Crippen LogP contribution in [0.5, 0.6) is 0 Å². The number of aliphatic carboxylic acids is 3. The molecule has 15 heavy (non-hydrogen) atoms. The first kappa shape index (κ1) is 13.4. The number of carbonyl (C=O) groups is 3. The molecule has 0 aromatic carbocycles. The highest BCUT2D eigenvalue weighted by Crippen LogP contribution is 1.94. The van der Waals surface area contributed by atoms with Gasteiger partial charge in [0.05, 0.1) is 6.42 Å². The van der Waals surface area contributed by atoms with Gasteiger partial charge in [0, 0.05) is 6.42 Å². The minimum atomic E-state index is -1.26. The van der Waals surface area contributed by atoms with E-state index in [0.717, 1.165) is 0 Å². The molecule has 0 saturated heterocycles. The second kappa shape index (κ2) is 6.77. The van der Waals surface area contributed by atoms with Gasteiger partial charge in [-0.15, -0.1) is 0 Å². The number of hydrogen-bond donors (Lipinski definition) is 4. The first-order chi connectivity index (χ1) is 6.93. The van der Waals surface area contributed by atoms with Crippen LogP contribution in [-0.4, -0.2) is 45.8 Å². The van der Waals surface area contributed by atoms with E-state index in [9.17, 15) is 14.4 Å². The molecular formula is C8H13NO6. The zero-order chi connectivity index (χ0) is 11.8. The molecule has 0 aromatic heterocycles. The molecule has 0 unspecified atom stereocenters.